The Bertz CT molecular complexity index is 831. The highest BCUT2D eigenvalue weighted by Crippen LogP contribution is 2.25. The molecule has 0 spiro atoms. The van der Waals surface area contributed by atoms with Crippen LogP contribution >= 0.6 is 23.1 Å². The number of amides is 1. The molecule has 0 aliphatic carbocycles. The van der Waals surface area contributed by atoms with Gasteiger partial charge < -0.3 is 5.32 Å². The summed E-state index contributed by atoms with van der Waals surface area (Å²) >= 11 is 2.84. The van der Waals surface area contributed by atoms with Crippen LogP contribution in [0.25, 0.3) is 10.9 Å². The molecule has 7 heteroatoms. The lowest BCUT2D eigenvalue weighted by Gasteiger charge is -2.06. The van der Waals surface area contributed by atoms with E-state index < -0.39 is 0 Å². The van der Waals surface area contributed by atoms with Crippen molar-refractivity contribution in [3.63, 3.8) is 0 Å². The van der Waals surface area contributed by atoms with Gasteiger partial charge in [0.15, 0.2) is 5.13 Å². The predicted molar refractivity (Wildman–Crippen MR) is 90.5 cm³/mol. The monoisotopic (exact) mass is 330 g/mol. The second-order valence-corrected chi connectivity index (χ2v) is 6.55. The molecule has 5 nitrogen and oxygen atoms in total. The van der Waals surface area contributed by atoms with Gasteiger partial charge in [0.2, 0.25) is 5.91 Å². The topological polar surface area (TPSA) is 67.8 Å². The number of hydrogen-bond acceptors (Lipinski definition) is 6. The fourth-order valence-corrected chi connectivity index (χ4v) is 3.54. The molecule has 0 bridgehead atoms. The molecule has 0 atom stereocenters. The summed E-state index contributed by atoms with van der Waals surface area (Å²) in [6, 6.07) is 7.82. The van der Waals surface area contributed by atoms with Gasteiger partial charge in [-0.2, -0.15) is 0 Å². The largest absolute Gasteiger partial charge is 0.301 e. The summed E-state index contributed by atoms with van der Waals surface area (Å²) in [4.78, 5) is 25.1. The molecule has 0 aliphatic heterocycles. The standard InChI is InChI=1S/C15H14N4OS2/c1-9-7-22-15(16-9)19-13(20)8-21-14-11-5-3-4-6-12(11)17-10(2)18-14/h3-7H,8H2,1-2H3,(H,16,19,20). The van der Waals surface area contributed by atoms with Crippen LogP contribution in [-0.4, -0.2) is 26.6 Å². The van der Waals surface area contributed by atoms with Crippen molar-refractivity contribution in [1.82, 2.24) is 15.0 Å². The van der Waals surface area contributed by atoms with Crippen molar-refractivity contribution in [3.8, 4) is 0 Å². The summed E-state index contributed by atoms with van der Waals surface area (Å²) in [5.41, 5.74) is 1.80. The van der Waals surface area contributed by atoms with Gasteiger partial charge in [0.1, 0.15) is 10.9 Å². The number of benzene rings is 1. The Labute approximate surface area is 136 Å². The van der Waals surface area contributed by atoms with Crippen molar-refractivity contribution in [3.05, 3.63) is 41.2 Å². The molecule has 0 aliphatic rings. The number of rotatable bonds is 4. The molecule has 1 amide bonds. The van der Waals surface area contributed by atoms with Crippen molar-refractivity contribution >= 4 is 45.0 Å². The van der Waals surface area contributed by atoms with Gasteiger partial charge in [0, 0.05) is 10.8 Å². The lowest BCUT2D eigenvalue weighted by atomic mass is 10.2. The van der Waals surface area contributed by atoms with E-state index in [0.29, 0.717) is 16.7 Å². The number of thioether (sulfide) groups is 1. The van der Waals surface area contributed by atoms with Gasteiger partial charge in [0.05, 0.1) is 17.0 Å². The van der Waals surface area contributed by atoms with Crippen molar-refractivity contribution in [2.24, 2.45) is 0 Å². The number of fused-ring (bicyclic) bond motifs is 1. The van der Waals surface area contributed by atoms with E-state index in [9.17, 15) is 4.79 Å². The Hall–Kier alpha value is -1.99. The van der Waals surface area contributed by atoms with Crippen LogP contribution in [0.15, 0.2) is 34.7 Å². The number of aryl methyl sites for hydroxylation is 2. The molecule has 3 rings (SSSR count). The van der Waals surface area contributed by atoms with E-state index in [1.807, 2.05) is 43.5 Å². The fourth-order valence-electron chi connectivity index (χ4n) is 1.97. The molecule has 22 heavy (non-hydrogen) atoms. The normalized spacial score (nSPS) is 10.8. The van der Waals surface area contributed by atoms with Crippen LogP contribution in [0.3, 0.4) is 0 Å². The highest BCUT2D eigenvalue weighted by molar-refractivity contribution is 8.00. The minimum Gasteiger partial charge on any atom is -0.301 e. The maximum Gasteiger partial charge on any atom is 0.236 e. The fraction of sp³-hybridized carbons (Fsp3) is 0.200. The van der Waals surface area contributed by atoms with Crippen LogP contribution in [-0.2, 0) is 4.79 Å². The molecule has 1 aromatic carbocycles. The zero-order chi connectivity index (χ0) is 15.5. The van der Waals surface area contributed by atoms with Crippen LogP contribution in [0, 0.1) is 13.8 Å². The van der Waals surface area contributed by atoms with Gasteiger partial charge >= 0.3 is 0 Å². The number of para-hydroxylation sites is 1. The van der Waals surface area contributed by atoms with Crippen LogP contribution in [0.2, 0.25) is 0 Å². The van der Waals surface area contributed by atoms with Crippen molar-refractivity contribution < 1.29 is 4.79 Å². The van der Waals surface area contributed by atoms with Gasteiger partial charge in [-0.3, -0.25) is 4.79 Å². The lowest BCUT2D eigenvalue weighted by Crippen LogP contribution is -2.14. The third-order valence-electron chi connectivity index (χ3n) is 2.89. The molecule has 0 radical (unpaired) electrons. The zero-order valence-corrected chi connectivity index (χ0v) is 13.8. The van der Waals surface area contributed by atoms with Gasteiger partial charge in [0.25, 0.3) is 0 Å². The lowest BCUT2D eigenvalue weighted by molar-refractivity contribution is -0.113. The van der Waals surface area contributed by atoms with E-state index in [4.69, 9.17) is 0 Å². The second kappa shape index (κ2) is 6.41. The van der Waals surface area contributed by atoms with Crippen LogP contribution in [0.5, 0.6) is 0 Å². The van der Waals surface area contributed by atoms with E-state index in [0.717, 1.165) is 21.6 Å². The van der Waals surface area contributed by atoms with E-state index >= 15 is 0 Å². The third kappa shape index (κ3) is 3.42. The first kappa shape index (κ1) is 14.9. The molecule has 0 unspecified atom stereocenters. The highest BCUT2D eigenvalue weighted by Gasteiger charge is 2.10. The Balaban J connectivity index is 1.72. The highest BCUT2D eigenvalue weighted by atomic mass is 32.2. The molecule has 112 valence electrons. The third-order valence-corrected chi connectivity index (χ3v) is 4.75. The molecule has 1 N–H and O–H groups in total. The summed E-state index contributed by atoms with van der Waals surface area (Å²) in [6.07, 6.45) is 0. The maximum atomic E-state index is 12.0. The van der Waals surface area contributed by atoms with E-state index in [1.54, 1.807) is 0 Å². The van der Waals surface area contributed by atoms with Crippen molar-refractivity contribution in [2.75, 3.05) is 11.1 Å². The molecular weight excluding hydrogens is 316 g/mol. The maximum absolute atomic E-state index is 12.0. The minimum atomic E-state index is -0.0836. The van der Waals surface area contributed by atoms with E-state index in [-0.39, 0.29) is 5.91 Å². The predicted octanol–water partition coefficient (Wildman–Crippen LogP) is 3.43. The Morgan fingerprint density at radius 2 is 2.05 bits per heavy atom. The summed E-state index contributed by atoms with van der Waals surface area (Å²) in [5, 5.41) is 7.13. The average molecular weight is 330 g/mol. The van der Waals surface area contributed by atoms with Gasteiger partial charge in [-0.15, -0.1) is 11.3 Å². The molecule has 0 saturated carbocycles. The SMILES string of the molecule is Cc1csc(NC(=O)CSc2nc(C)nc3ccccc23)n1. The number of aromatic nitrogens is 3. The molecule has 2 heterocycles. The number of anilines is 1. The molecule has 3 aromatic rings. The first-order chi connectivity index (χ1) is 10.6. The number of hydrogen-bond donors (Lipinski definition) is 1. The van der Waals surface area contributed by atoms with Gasteiger partial charge in [-0.25, -0.2) is 15.0 Å². The molecule has 0 fully saturated rings. The summed E-state index contributed by atoms with van der Waals surface area (Å²) < 4.78 is 0. The number of carbonyl (C=O) groups excluding carboxylic acids is 1. The average Bonchev–Trinajstić information content (AvgIpc) is 2.89. The van der Waals surface area contributed by atoms with Crippen molar-refractivity contribution in [1.29, 1.82) is 0 Å². The number of nitrogens with zero attached hydrogens (tertiary/aromatic N) is 3. The first-order valence-electron chi connectivity index (χ1n) is 6.70. The smallest absolute Gasteiger partial charge is 0.236 e. The molecule has 2 aromatic heterocycles. The molecular formula is C15H14N4OS2. The summed E-state index contributed by atoms with van der Waals surface area (Å²) in [5.74, 6) is 0.913. The Morgan fingerprint density at radius 3 is 2.82 bits per heavy atom. The second-order valence-electron chi connectivity index (χ2n) is 4.72. The molecule has 0 saturated heterocycles. The number of thiazole rings is 1. The van der Waals surface area contributed by atoms with Crippen molar-refractivity contribution in [2.45, 2.75) is 18.9 Å². The quantitative estimate of drug-likeness (QED) is 0.586. The van der Waals surface area contributed by atoms with Gasteiger partial charge in [-0.05, 0) is 19.9 Å². The summed E-state index contributed by atoms with van der Waals surface area (Å²) in [6.45, 7) is 3.76. The number of nitrogens with one attached hydrogen (secondary N) is 1. The Kier molecular flexibility index (Phi) is 4.35. The van der Waals surface area contributed by atoms with Crippen LogP contribution < -0.4 is 5.32 Å². The van der Waals surface area contributed by atoms with Crippen LogP contribution in [0.4, 0.5) is 5.13 Å². The Morgan fingerprint density at radius 1 is 1.23 bits per heavy atom. The van der Waals surface area contributed by atoms with Crippen LogP contribution in [0.1, 0.15) is 11.5 Å². The summed E-state index contributed by atoms with van der Waals surface area (Å²) in [7, 11) is 0. The number of carbonyl (C=O) groups is 1. The van der Waals surface area contributed by atoms with Gasteiger partial charge in [-0.1, -0.05) is 30.0 Å². The minimum absolute atomic E-state index is 0.0836. The zero-order valence-electron chi connectivity index (χ0n) is 12.2. The van der Waals surface area contributed by atoms with E-state index in [2.05, 4.69) is 20.3 Å². The van der Waals surface area contributed by atoms with E-state index in [1.165, 1.54) is 23.1 Å². The first-order valence-corrected chi connectivity index (χ1v) is 8.56.